The number of aryl methyl sites for hydroxylation is 2. The van der Waals surface area contributed by atoms with Crippen molar-refractivity contribution in [1.29, 1.82) is 0 Å². The van der Waals surface area contributed by atoms with Gasteiger partial charge in [0, 0.05) is 17.5 Å². The fourth-order valence-electron chi connectivity index (χ4n) is 2.32. The zero-order valence-electron chi connectivity index (χ0n) is 12.2. The predicted molar refractivity (Wildman–Crippen MR) is 77.8 cm³/mol. The molecule has 5 nitrogen and oxygen atoms in total. The number of aromatic nitrogens is 3. The molecular weight excluding hydrogens is 266 g/mol. The molecule has 21 heavy (non-hydrogen) atoms. The molecule has 0 aliphatic rings. The summed E-state index contributed by atoms with van der Waals surface area (Å²) >= 11 is 0. The van der Waals surface area contributed by atoms with Crippen LogP contribution in [0.3, 0.4) is 0 Å². The van der Waals surface area contributed by atoms with Crippen LogP contribution in [0.4, 0.5) is 0 Å². The van der Waals surface area contributed by atoms with Gasteiger partial charge in [0.25, 0.3) is 0 Å². The first-order chi connectivity index (χ1) is 10.3. The van der Waals surface area contributed by atoms with Crippen LogP contribution in [0.5, 0.6) is 0 Å². The van der Waals surface area contributed by atoms with Crippen LogP contribution in [0.25, 0.3) is 11.4 Å². The van der Waals surface area contributed by atoms with Crippen LogP contribution < -0.4 is 0 Å². The van der Waals surface area contributed by atoms with E-state index >= 15 is 0 Å². The molecule has 1 aromatic carbocycles. The Morgan fingerprint density at radius 2 is 1.76 bits per heavy atom. The molecule has 0 radical (unpaired) electrons. The first-order valence-electron chi connectivity index (χ1n) is 7.16. The van der Waals surface area contributed by atoms with E-state index in [4.69, 9.17) is 9.05 Å². The third-order valence-corrected chi connectivity index (χ3v) is 3.44. The van der Waals surface area contributed by atoms with Crippen molar-refractivity contribution in [2.24, 2.45) is 0 Å². The van der Waals surface area contributed by atoms with Crippen LogP contribution in [0.15, 0.2) is 39.4 Å². The zero-order valence-corrected chi connectivity index (χ0v) is 12.2. The van der Waals surface area contributed by atoms with Gasteiger partial charge in [0.05, 0.1) is 12.1 Å². The minimum Gasteiger partial charge on any atom is -0.361 e. The van der Waals surface area contributed by atoms with Gasteiger partial charge in [-0.2, -0.15) is 4.98 Å². The molecule has 5 heteroatoms. The molecule has 3 rings (SSSR count). The van der Waals surface area contributed by atoms with Gasteiger partial charge in [-0.25, -0.2) is 0 Å². The standard InChI is InChI=1S/C16H17N3O2/c1-3-13-12(14(4-2)20-18-13)10-15-17-16(19-21-15)11-8-6-5-7-9-11/h5-9H,3-4,10H2,1-2H3. The van der Waals surface area contributed by atoms with Crippen LogP contribution in [-0.2, 0) is 19.3 Å². The van der Waals surface area contributed by atoms with E-state index in [1.165, 1.54) is 0 Å². The molecule has 0 saturated carbocycles. The van der Waals surface area contributed by atoms with Crippen molar-refractivity contribution in [3.8, 4) is 11.4 Å². The Balaban J connectivity index is 1.87. The highest BCUT2D eigenvalue weighted by molar-refractivity contribution is 5.53. The number of hydrogen-bond acceptors (Lipinski definition) is 5. The van der Waals surface area contributed by atoms with Gasteiger partial charge in [0.2, 0.25) is 11.7 Å². The summed E-state index contributed by atoms with van der Waals surface area (Å²) in [5, 5.41) is 8.14. The molecule has 2 heterocycles. The fourth-order valence-corrected chi connectivity index (χ4v) is 2.32. The fraction of sp³-hybridized carbons (Fsp3) is 0.312. The summed E-state index contributed by atoms with van der Waals surface area (Å²) < 4.78 is 10.7. The van der Waals surface area contributed by atoms with E-state index in [0.29, 0.717) is 18.1 Å². The summed E-state index contributed by atoms with van der Waals surface area (Å²) in [4.78, 5) is 4.46. The molecule has 0 N–H and O–H groups in total. The molecule has 0 saturated heterocycles. The van der Waals surface area contributed by atoms with Gasteiger partial charge in [-0.3, -0.25) is 0 Å². The van der Waals surface area contributed by atoms with Gasteiger partial charge < -0.3 is 9.05 Å². The molecule has 0 amide bonds. The third kappa shape index (κ3) is 2.72. The van der Waals surface area contributed by atoms with Gasteiger partial charge in [-0.05, 0) is 6.42 Å². The maximum atomic E-state index is 5.36. The highest BCUT2D eigenvalue weighted by Crippen LogP contribution is 2.21. The Kier molecular flexibility index (Phi) is 3.81. The van der Waals surface area contributed by atoms with Crippen LogP contribution in [0, 0.1) is 0 Å². The average molecular weight is 283 g/mol. The lowest BCUT2D eigenvalue weighted by molar-refractivity contribution is 0.375. The van der Waals surface area contributed by atoms with E-state index in [1.54, 1.807) is 0 Å². The lowest BCUT2D eigenvalue weighted by atomic mass is 10.1. The third-order valence-electron chi connectivity index (χ3n) is 3.44. The summed E-state index contributed by atoms with van der Waals surface area (Å²) in [6.45, 7) is 4.11. The number of nitrogens with zero attached hydrogens (tertiary/aromatic N) is 3. The smallest absolute Gasteiger partial charge is 0.231 e. The Morgan fingerprint density at radius 1 is 0.952 bits per heavy atom. The second-order valence-electron chi connectivity index (χ2n) is 4.79. The second-order valence-corrected chi connectivity index (χ2v) is 4.79. The Labute approximate surface area is 123 Å². The lowest BCUT2D eigenvalue weighted by Gasteiger charge is -1.97. The van der Waals surface area contributed by atoms with Crippen molar-refractivity contribution in [2.75, 3.05) is 0 Å². The van der Waals surface area contributed by atoms with E-state index in [2.05, 4.69) is 22.2 Å². The molecule has 0 aliphatic heterocycles. The largest absolute Gasteiger partial charge is 0.361 e. The van der Waals surface area contributed by atoms with Crippen molar-refractivity contribution in [3.63, 3.8) is 0 Å². The zero-order chi connectivity index (χ0) is 14.7. The van der Waals surface area contributed by atoms with Gasteiger partial charge in [0.15, 0.2) is 0 Å². The highest BCUT2D eigenvalue weighted by atomic mass is 16.5. The number of rotatable bonds is 5. The van der Waals surface area contributed by atoms with E-state index in [-0.39, 0.29) is 0 Å². The van der Waals surface area contributed by atoms with E-state index in [0.717, 1.165) is 35.4 Å². The molecule has 0 aliphatic carbocycles. The Morgan fingerprint density at radius 3 is 2.48 bits per heavy atom. The van der Waals surface area contributed by atoms with Gasteiger partial charge in [-0.1, -0.05) is 54.5 Å². The topological polar surface area (TPSA) is 65.0 Å². The van der Waals surface area contributed by atoms with Crippen LogP contribution in [-0.4, -0.2) is 15.3 Å². The molecule has 0 atom stereocenters. The Bertz CT molecular complexity index is 695. The van der Waals surface area contributed by atoms with Crippen LogP contribution >= 0.6 is 0 Å². The lowest BCUT2D eigenvalue weighted by Crippen LogP contribution is -1.96. The van der Waals surface area contributed by atoms with Crippen molar-refractivity contribution in [3.05, 3.63) is 53.2 Å². The monoisotopic (exact) mass is 283 g/mol. The first kappa shape index (κ1) is 13.5. The minimum absolute atomic E-state index is 0.565. The average Bonchev–Trinajstić information content (AvgIpc) is 3.15. The number of benzene rings is 1. The molecule has 0 fully saturated rings. The predicted octanol–water partition coefficient (Wildman–Crippen LogP) is 3.44. The number of hydrogen-bond donors (Lipinski definition) is 0. The summed E-state index contributed by atoms with van der Waals surface area (Å²) in [5.74, 6) is 2.09. The van der Waals surface area contributed by atoms with Gasteiger partial charge in [-0.15, -0.1) is 0 Å². The molecule has 0 bridgehead atoms. The van der Waals surface area contributed by atoms with Crippen molar-refractivity contribution in [2.45, 2.75) is 33.1 Å². The minimum atomic E-state index is 0.565. The van der Waals surface area contributed by atoms with E-state index in [9.17, 15) is 0 Å². The quantitative estimate of drug-likeness (QED) is 0.717. The maximum Gasteiger partial charge on any atom is 0.231 e. The van der Waals surface area contributed by atoms with Crippen molar-refractivity contribution >= 4 is 0 Å². The summed E-state index contributed by atoms with van der Waals surface area (Å²) in [5.41, 5.74) is 2.99. The van der Waals surface area contributed by atoms with Crippen molar-refractivity contribution in [1.82, 2.24) is 15.3 Å². The Hall–Kier alpha value is -2.43. The summed E-state index contributed by atoms with van der Waals surface area (Å²) in [6, 6.07) is 9.79. The van der Waals surface area contributed by atoms with Gasteiger partial charge >= 0.3 is 0 Å². The van der Waals surface area contributed by atoms with Crippen LogP contribution in [0.1, 0.15) is 36.8 Å². The molecule has 0 spiro atoms. The van der Waals surface area contributed by atoms with E-state index in [1.807, 2.05) is 37.3 Å². The maximum absolute atomic E-state index is 5.36. The second kappa shape index (κ2) is 5.91. The van der Waals surface area contributed by atoms with Crippen molar-refractivity contribution < 1.29 is 9.05 Å². The molecule has 0 unspecified atom stereocenters. The summed E-state index contributed by atoms with van der Waals surface area (Å²) in [7, 11) is 0. The first-order valence-corrected chi connectivity index (χ1v) is 7.16. The highest BCUT2D eigenvalue weighted by Gasteiger charge is 2.17. The molecule has 2 aromatic heterocycles. The van der Waals surface area contributed by atoms with E-state index < -0.39 is 0 Å². The van der Waals surface area contributed by atoms with Gasteiger partial charge in [0.1, 0.15) is 5.76 Å². The SMILES string of the molecule is CCc1noc(CC)c1Cc1nc(-c2ccccc2)no1. The normalized spacial score (nSPS) is 11.0. The summed E-state index contributed by atoms with van der Waals surface area (Å²) in [6.07, 6.45) is 2.20. The van der Waals surface area contributed by atoms with Crippen LogP contribution in [0.2, 0.25) is 0 Å². The molecule has 3 aromatic rings. The molecule has 108 valence electrons. The molecular formula is C16H17N3O2.